The third-order valence-electron chi connectivity index (χ3n) is 4.18. The number of alkyl halides is 3. The van der Waals surface area contributed by atoms with Gasteiger partial charge in [0.2, 0.25) is 5.91 Å². The molecule has 0 radical (unpaired) electrons. The molecule has 0 aromatic rings. The van der Waals surface area contributed by atoms with Crippen molar-refractivity contribution in [2.45, 2.75) is 56.4 Å². The predicted molar refractivity (Wildman–Crippen MR) is 65.0 cm³/mol. The Hall–Kier alpha value is -0.820. The number of halogens is 3. The van der Waals surface area contributed by atoms with E-state index in [2.05, 4.69) is 0 Å². The monoisotopic (exact) mass is 295 g/mol. The molecule has 4 nitrogen and oxygen atoms in total. The summed E-state index contributed by atoms with van der Waals surface area (Å²) in [6.07, 6.45) is -2.53. The molecule has 2 fully saturated rings. The van der Waals surface area contributed by atoms with Crippen LogP contribution >= 0.6 is 0 Å². The molecule has 0 aliphatic carbocycles. The SMILES string of the molecule is O=C(CCC1CCCO1)N1CCC(O)(C(F)(F)F)CC1. The Morgan fingerprint density at radius 2 is 2.00 bits per heavy atom. The molecule has 1 amide bonds. The van der Waals surface area contributed by atoms with Crippen LogP contribution in [-0.2, 0) is 9.53 Å². The zero-order chi connectivity index (χ0) is 14.8. The summed E-state index contributed by atoms with van der Waals surface area (Å²) < 4.78 is 43.3. The van der Waals surface area contributed by atoms with Gasteiger partial charge >= 0.3 is 6.18 Å². The molecule has 2 aliphatic rings. The van der Waals surface area contributed by atoms with Crippen LogP contribution in [0.4, 0.5) is 13.2 Å². The first-order valence-electron chi connectivity index (χ1n) is 7.00. The molecule has 1 unspecified atom stereocenters. The van der Waals surface area contributed by atoms with Crippen LogP contribution in [0.25, 0.3) is 0 Å². The number of carbonyl (C=O) groups is 1. The molecule has 20 heavy (non-hydrogen) atoms. The Labute approximate surface area is 115 Å². The van der Waals surface area contributed by atoms with E-state index in [1.54, 1.807) is 0 Å². The first-order valence-corrected chi connectivity index (χ1v) is 7.00. The van der Waals surface area contributed by atoms with Gasteiger partial charge in [-0.15, -0.1) is 0 Å². The highest BCUT2D eigenvalue weighted by Gasteiger charge is 2.54. The standard InChI is InChI=1S/C13H20F3NO3/c14-13(15,16)12(19)5-7-17(8-6-12)11(18)4-3-10-2-1-9-20-10/h10,19H,1-9H2. The summed E-state index contributed by atoms with van der Waals surface area (Å²) in [6.45, 7) is 0.641. The number of carbonyl (C=O) groups excluding carboxylic acids is 1. The van der Waals surface area contributed by atoms with E-state index in [0.29, 0.717) is 12.8 Å². The number of hydrogen-bond donors (Lipinski definition) is 1. The van der Waals surface area contributed by atoms with Crippen molar-refractivity contribution in [3.05, 3.63) is 0 Å². The molecule has 2 rings (SSSR count). The molecule has 2 aliphatic heterocycles. The van der Waals surface area contributed by atoms with Gasteiger partial charge in [0.15, 0.2) is 5.60 Å². The van der Waals surface area contributed by atoms with Gasteiger partial charge in [0.25, 0.3) is 0 Å². The van der Waals surface area contributed by atoms with Gasteiger partial charge in [0.1, 0.15) is 0 Å². The minimum Gasteiger partial charge on any atom is -0.380 e. The third-order valence-corrected chi connectivity index (χ3v) is 4.18. The molecule has 0 spiro atoms. The summed E-state index contributed by atoms with van der Waals surface area (Å²) in [5, 5.41) is 9.53. The molecule has 7 heteroatoms. The van der Waals surface area contributed by atoms with Crippen molar-refractivity contribution in [3.63, 3.8) is 0 Å². The Kier molecular flexibility index (Phi) is 4.59. The van der Waals surface area contributed by atoms with Crippen LogP contribution in [0.1, 0.15) is 38.5 Å². The second kappa shape index (κ2) is 5.89. The van der Waals surface area contributed by atoms with Gasteiger partial charge in [0, 0.05) is 39.0 Å². The summed E-state index contributed by atoms with van der Waals surface area (Å²) in [7, 11) is 0. The van der Waals surface area contributed by atoms with Gasteiger partial charge in [-0.25, -0.2) is 0 Å². The highest BCUT2D eigenvalue weighted by Crippen LogP contribution is 2.38. The third kappa shape index (κ3) is 3.44. The molecule has 1 N–H and O–H groups in total. The number of likely N-dealkylation sites (tertiary alicyclic amines) is 1. The lowest BCUT2D eigenvalue weighted by Crippen LogP contribution is -2.54. The zero-order valence-electron chi connectivity index (χ0n) is 11.3. The molecule has 0 aromatic carbocycles. The van der Waals surface area contributed by atoms with Crippen LogP contribution in [-0.4, -0.2) is 53.5 Å². The van der Waals surface area contributed by atoms with E-state index >= 15 is 0 Å². The number of nitrogens with zero attached hydrogens (tertiary/aromatic N) is 1. The number of rotatable bonds is 3. The molecule has 0 saturated carbocycles. The van der Waals surface area contributed by atoms with E-state index in [9.17, 15) is 23.1 Å². The van der Waals surface area contributed by atoms with Crippen molar-refractivity contribution >= 4 is 5.91 Å². The van der Waals surface area contributed by atoms with Gasteiger partial charge in [-0.2, -0.15) is 13.2 Å². The van der Waals surface area contributed by atoms with Crippen LogP contribution in [0, 0.1) is 0 Å². The van der Waals surface area contributed by atoms with Crippen molar-refractivity contribution in [1.82, 2.24) is 4.90 Å². The molecular formula is C13H20F3NO3. The van der Waals surface area contributed by atoms with Crippen molar-refractivity contribution < 1.29 is 27.8 Å². The molecule has 2 heterocycles. The highest BCUT2D eigenvalue weighted by molar-refractivity contribution is 5.76. The Bertz CT molecular complexity index is 345. The molecular weight excluding hydrogens is 275 g/mol. The summed E-state index contributed by atoms with van der Waals surface area (Å²) in [6, 6.07) is 0. The summed E-state index contributed by atoms with van der Waals surface area (Å²) in [5.74, 6) is -0.148. The first kappa shape index (κ1) is 15.6. The maximum Gasteiger partial charge on any atom is 0.417 e. The molecule has 0 bridgehead atoms. The fourth-order valence-corrected chi connectivity index (χ4v) is 2.72. The van der Waals surface area contributed by atoms with Gasteiger partial charge in [-0.05, 0) is 19.3 Å². The fraction of sp³-hybridized carbons (Fsp3) is 0.923. The van der Waals surface area contributed by atoms with Crippen molar-refractivity contribution in [2.75, 3.05) is 19.7 Å². The van der Waals surface area contributed by atoms with Crippen LogP contribution in [0.3, 0.4) is 0 Å². The number of aliphatic hydroxyl groups is 1. The Morgan fingerprint density at radius 3 is 2.50 bits per heavy atom. The maximum atomic E-state index is 12.6. The lowest BCUT2D eigenvalue weighted by Gasteiger charge is -2.39. The second-order valence-electron chi connectivity index (χ2n) is 5.58. The van der Waals surface area contributed by atoms with E-state index in [4.69, 9.17) is 4.74 Å². The van der Waals surface area contributed by atoms with E-state index < -0.39 is 24.6 Å². The highest BCUT2D eigenvalue weighted by atomic mass is 19.4. The molecule has 0 aromatic heterocycles. The number of amides is 1. The molecule has 2 saturated heterocycles. The van der Waals surface area contributed by atoms with Crippen LogP contribution in [0.15, 0.2) is 0 Å². The van der Waals surface area contributed by atoms with Crippen molar-refractivity contribution in [2.24, 2.45) is 0 Å². The first-order chi connectivity index (χ1) is 9.32. The van der Waals surface area contributed by atoms with Crippen LogP contribution in [0.5, 0.6) is 0 Å². The molecule has 1 atom stereocenters. The number of hydrogen-bond acceptors (Lipinski definition) is 3. The minimum atomic E-state index is -4.63. The lowest BCUT2D eigenvalue weighted by atomic mass is 9.90. The largest absolute Gasteiger partial charge is 0.417 e. The maximum absolute atomic E-state index is 12.6. The Morgan fingerprint density at radius 1 is 1.35 bits per heavy atom. The minimum absolute atomic E-state index is 0.0413. The van der Waals surface area contributed by atoms with Crippen molar-refractivity contribution in [3.8, 4) is 0 Å². The average molecular weight is 295 g/mol. The summed E-state index contributed by atoms with van der Waals surface area (Å²) >= 11 is 0. The average Bonchev–Trinajstić information content (AvgIpc) is 2.88. The van der Waals surface area contributed by atoms with Gasteiger partial charge in [0.05, 0.1) is 6.10 Å². The zero-order valence-corrected chi connectivity index (χ0v) is 11.3. The number of ether oxygens (including phenoxy) is 1. The Balaban J connectivity index is 1.76. The topological polar surface area (TPSA) is 49.8 Å². The second-order valence-corrected chi connectivity index (χ2v) is 5.58. The molecule has 116 valence electrons. The van der Waals surface area contributed by atoms with E-state index in [1.165, 1.54) is 4.90 Å². The van der Waals surface area contributed by atoms with E-state index in [-0.39, 0.29) is 25.1 Å². The summed E-state index contributed by atoms with van der Waals surface area (Å²) in [4.78, 5) is 13.3. The van der Waals surface area contributed by atoms with Gasteiger partial charge in [-0.3, -0.25) is 4.79 Å². The lowest BCUT2D eigenvalue weighted by molar-refractivity contribution is -0.272. The van der Waals surface area contributed by atoms with Crippen LogP contribution < -0.4 is 0 Å². The number of piperidine rings is 1. The fourth-order valence-electron chi connectivity index (χ4n) is 2.72. The summed E-state index contributed by atoms with van der Waals surface area (Å²) in [5.41, 5.74) is -2.64. The van der Waals surface area contributed by atoms with Crippen molar-refractivity contribution in [1.29, 1.82) is 0 Å². The van der Waals surface area contributed by atoms with E-state index in [1.807, 2.05) is 0 Å². The predicted octanol–water partition coefficient (Wildman–Crippen LogP) is 1.86. The van der Waals surface area contributed by atoms with Gasteiger partial charge < -0.3 is 14.7 Å². The van der Waals surface area contributed by atoms with Crippen LogP contribution in [0.2, 0.25) is 0 Å². The normalized spacial score (nSPS) is 26.8. The quantitative estimate of drug-likeness (QED) is 0.864. The van der Waals surface area contributed by atoms with E-state index in [0.717, 1.165) is 19.4 Å². The smallest absolute Gasteiger partial charge is 0.380 e. The van der Waals surface area contributed by atoms with Gasteiger partial charge in [-0.1, -0.05) is 0 Å².